The highest BCUT2D eigenvalue weighted by Gasteiger charge is 2.10. The molecule has 0 spiro atoms. The molecular weight excluding hydrogens is 420 g/mol. The molecule has 0 saturated carbocycles. The number of aromatic hydroxyl groups is 1. The lowest BCUT2D eigenvalue weighted by Crippen LogP contribution is -2.17. The highest BCUT2D eigenvalue weighted by atomic mass is 79.9. The van der Waals surface area contributed by atoms with E-state index < -0.39 is 5.91 Å². The van der Waals surface area contributed by atoms with Gasteiger partial charge in [0.1, 0.15) is 11.5 Å². The molecule has 26 heavy (non-hydrogen) atoms. The van der Waals surface area contributed by atoms with Gasteiger partial charge in [0.05, 0.1) is 22.8 Å². The van der Waals surface area contributed by atoms with E-state index in [4.69, 9.17) is 16.3 Å². The Kier molecular flexibility index (Phi) is 5.44. The second-order valence-electron chi connectivity index (χ2n) is 5.39. The number of hydrogen-bond donors (Lipinski definition) is 2. The number of ether oxygens (including phenoxy) is 1. The Labute approximate surface area is 163 Å². The third-order valence-electron chi connectivity index (χ3n) is 3.77. The highest BCUT2D eigenvalue weighted by molar-refractivity contribution is 9.10. The van der Waals surface area contributed by atoms with E-state index in [1.54, 1.807) is 13.3 Å². The second kappa shape index (κ2) is 7.76. The van der Waals surface area contributed by atoms with Crippen molar-refractivity contribution in [3.63, 3.8) is 0 Å². The van der Waals surface area contributed by atoms with Crippen LogP contribution in [0.25, 0.3) is 10.8 Å². The standard InChI is InChI=1S/C19H14BrClN2O3/c1-26-18-14-5-3-2-4-13(14)12(8-15(18)20)10-22-23-19(25)11-6-7-17(24)16(21)9-11/h2-10,24H,1H3,(H,23,25). The summed E-state index contributed by atoms with van der Waals surface area (Å²) < 4.78 is 6.23. The molecule has 5 nitrogen and oxygen atoms in total. The Balaban J connectivity index is 1.87. The number of carbonyl (C=O) groups is 1. The predicted octanol–water partition coefficient (Wildman–Crippen LogP) is 4.73. The van der Waals surface area contributed by atoms with Crippen LogP contribution in [0.2, 0.25) is 5.02 Å². The molecule has 132 valence electrons. The van der Waals surface area contributed by atoms with Crippen molar-refractivity contribution in [3.8, 4) is 11.5 Å². The SMILES string of the molecule is COc1c(Br)cc(C=NNC(=O)c2ccc(O)c(Cl)c2)c2ccccc12. The minimum absolute atomic E-state index is 0.0822. The quantitative estimate of drug-likeness (QED) is 0.461. The lowest BCUT2D eigenvalue weighted by atomic mass is 10.0. The van der Waals surface area contributed by atoms with Crippen LogP contribution in [0.3, 0.4) is 0 Å². The van der Waals surface area contributed by atoms with Gasteiger partial charge in [0.15, 0.2) is 0 Å². The number of phenolic OH excluding ortho intramolecular Hbond substituents is 1. The van der Waals surface area contributed by atoms with Crippen LogP contribution in [-0.4, -0.2) is 24.3 Å². The Morgan fingerprint density at radius 3 is 2.65 bits per heavy atom. The fourth-order valence-electron chi connectivity index (χ4n) is 2.53. The van der Waals surface area contributed by atoms with Gasteiger partial charge in [-0.3, -0.25) is 4.79 Å². The molecule has 7 heteroatoms. The van der Waals surface area contributed by atoms with Gasteiger partial charge >= 0.3 is 0 Å². The molecule has 3 rings (SSSR count). The number of carbonyl (C=O) groups excluding carboxylic acids is 1. The Hall–Kier alpha value is -2.57. The second-order valence-corrected chi connectivity index (χ2v) is 6.65. The molecule has 2 N–H and O–H groups in total. The Morgan fingerprint density at radius 2 is 1.96 bits per heavy atom. The maximum absolute atomic E-state index is 12.1. The monoisotopic (exact) mass is 432 g/mol. The van der Waals surface area contributed by atoms with Gasteiger partial charge in [-0.2, -0.15) is 5.10 Å². The minimum Gasteiger partial charge on any atom is -0.506 e. The topological polar surface area (TPSA) is 70.9 Å². The van der Waals surface area contributed by atoms with Crippen molar-refractivity contribution in [1.29, 1.82) is 0 Å². The normalized spacial score (nSPS) is 11.0. The van der Waals surface area contributed by atoms with Crippen LogP contribution in [0, 0.1) is 0 Å². The lowest BCUT2D eigenvalue weighted by molar-refractivity contribution is 0.0955. The zero-order valence-electron chi connectivity index (χ0n) is 13.7. The van der Waals surface area contributed by atoms with Gasteiger partial charge in [-0.05, 0) is 45.6 Å². The molecule has 0 fully saturated rings. The molecule has 0 heterocycles. The van der Waals surface area contributed by atoms with E-state index in [9.17, 15) is 9.90 Å². The first-order valence-electron chi connectivity index (χ1n) is 7.58. The van der Waals surface area contributed by atoms with E-state index in [0.29, 0.717) is 5.56 Å². The molecule has 0 saturated heterocycles. The summed E-state index contributed by atoms with van der Waals surface area (Å²) in [5, 5.41) is 15.4. The minimum atomic E-state index is -0.431. The number of methoxy groups -OCH3 is 1. The number of benzene rings is 3. The van der Waals surface area contributed by atoms with E-state index in [1.165, 1.54) is 18.2 Å². The summed E-state index contributed by atoms with van der Waals surface area (Å²) in [5.74, 6) is 0.224. The molecule has 0 bridgehead atoms. The third kappa shape index (κ3) is 3.66. The maximum atomic E-state index is 12.1. The van der Waals surface area contributed by atoms with Crippen molar-refractivity contribution in [1.82, 2.24) is 5.43 Å². The van der Waals surface area contributed by atoms with E-state index in [1.807, 2.05) is 30.3 Å². The summed E-state index contributed by atoms with van der Waals surface area (Å²) >= 11 is 9.30. The van der Waals surface area contributed by atoms with Gasteiger partial charge in [-0.1, -0.05) is 35.9 Å². The Bertz CT molecular complexity index is 1020. The zero-order chi connectivity index (χ0) is 18.7. The number of rotatable bonds is 4. The molecule has 3 aromatic carbocycles. The molecule has 0 radical (unpaired) electrons. The number of hydrogen-bond acceptors (Lipinski definition) is 4. The third-order valence-corrected chi connectivity index (χ3v) is 4.66. The number of nitrogens with one attached hydrogen (secondary N) is 1. The molecule has 0 aliphatic heterocycles. The fraction of sp³-hybridized carbons (Fsp3) is 0.0526. The molecule has 0 atom stereocenters. The van der Waals surface area contributed by atoms with Gasteiger partial charge in [0, 0.05) is 16.5 Å². The van der Waals surface area contributed by atoms with Gasteiger partial charge < -0.3 is 9.84 Å². The first-order chi connectivity index (χ1) is 12.5. The zero-order valence-corrected chi connectivity index (χ0v) is 16.0. The van der Waals surface area contributed by atoms with E-state index >= 15 is 0 Å². The number of nitrogens with zero attached hydrogens (tertiary/aromatic N) is 1. The molecule has 0 aliphatic rings. The first-order valence-corrected chi connectivity index (χ1v) is 8.75. The van der Waals surface area contributed by atoms with Crippen molar-refractivity contribution < 1.29 is 14.6 Å². The number of hydrazone groups is 1. The summed E-state index contributed by atoms with van der Waals surface area (Å²) in [6.45, 7) is 0. The fourth-order valence-corrected chi connectivity index (χ4v) is 3.33. The molecule has 0 aromatic heterocycles. The maximum Gasteiger partial charge on any atom is 0.271 e. The van der Waals surface area contributed by atoms with Crippen LogP contribution in [0.5, 0.6) is 11.5 Å². The largest absolute Gasteiger partial charge is 0.506 e. The molecule has 0 unspecified atom stereocenters. The summed E-state index contributed by atoms with van der Waals surface area (Å²) in [6.07, 6.45) is 1.56. The van der Waals surface area contributed by atoms with Crippen molar-refractivity contribution in [2.45, 2.75) is 0 Å². The van der Waals surface area contributed by atoms with Crippen molar-refractivity contribution in [2.24, 2.45) is 5.10 Å². The van der Waals surface area contributed by atoms with Crippen LogP contribution in [0.4, 0.5) is 0 Å². The molecular formula is C19H14BrClN2O3. The summed E-state index contributed by atoms with van der Waals surface area (Å²) in [6, 6.07) is 13.8. The van der Waals surface area contributed by atoms with Crippen molar-refractivity contribution >= 4 is 50.4 Å². The molecule has 1 amide bonds. The van der Waals surface area contributed by atoms with Crippen molar-refractivity contribution in [3.05, 3.63) is 69.2 Å². The lowest BCUT2D eigenvalue weighted by Gasteiger charge is -2.10. The van der Waals surface area contributed by atoms with Crippen LogP contribution >= 0.6 is 27.5 Å². The van der Waals surface area contributed by atoms with Crippen LogP contribution < -0.4 is 10.2 Å². The van der Waals surface area contributed by atoms with Crippen LogP contribution in [0.1, 0.15) is 15.9 Å². The molecule has 3 aromatic rings. The van der Waals surface area contributed by atoms with E-state index in [-0.39, 0.29) is 10.8 Å². The van der Waals surface area contributed by atoms with Crippen molar-refractivity contribution in [2.75, 3.05) is 7.11 Å². The number of halogens is 2. The highest BCUT2D eigenvalue weighted by Crippen LogP contribution is 2.35. The molecule has 0 aliphatic carbocycles. The smallest absolute Gasteiger partial charge is 0.271 e. The van der Waals surface area contributed by atoms with Crippen LogP contribution in [-0.2, 0) is 0 Å². The predicted molar refractivity (Wildman–Crippen MR) is 106 cm³/mol. The number of amides is 1. The average Bonchev–Trinajstić information content (AvgIpc) is 2.64. The van der Waals surface area contributed by atoms with Gasteiger partial charge in [-0.25, -0.2) is 5.43 Å². The van der Waals surface area contributed by atoms with Gasteiger partial charge in [-0.15, -0.1) is 0 Å². The summed E-state index contributed by atoms with van der Waals surface area (Å²) in [7, 11) is 1.61. The van der Waals surface area contributed by atoms with E-state index in [0.717, 1.165) is 26.6 Å². The average molecular weight is 434 g/mol. The first kappa shape index (κ1) is 18.2. The van der Waals surface area contributed by atoms with Gasteiger partial charge in [0.2, 0.25) is 0 Å². The van der Waals surface area contributed by atoms with Crippen LogP contribution in [0.15, 0.2) is 58.1 Å². The van der Waals surface area contributed by atoms with Gasteiger partial charge in [0.25, 0.3) is 5.91 Å². The van der Waals surface area contributed by atoms with E-state index in [2.05, 4.69) is 26.5 Å². The Morgan fingerprint density at radius 1 is 1.23 bits per heavy atom. The number of phenols is 1. The summed E-state index contributed by atoms with van der Waals surface area (Å²) in [5.41, 5.74) is 3.56. The number of fused-ring (bicyclic) bond motifs is 1. The summed E-state index contributed by atoms with van der Waals surface area (Å²) in [4.78, 5) is 12.1.